The van der Waals surface area contributed by atoms with Crippen molar-refractivity contribution in [3.05, 3.63) is 48.0 Å². The fourth-order valence-electron chi connectivity index (χ4n) is 2.49. The van der Waals surface area contributed by atoms with Gasteiger partial charge in [-0.1, -0.05) is 11.6 Å². The molecule has 0 bridgehead atoms. The number of hydrogen-bond acceptors (Lipinski definition) is 4. The Balaban J connectivity index is 2.01. The Morgan fingerprint density at radius 2 is 2.21 bits per heavy atom. The van der Waals surface area contributed by atoms with Crippen LogP contribution >= 0.6 is 11.6 Å². The van der Waals surface area contributed by atoms with Gasteiger partial charge in [0.2, 0.25) is 5.91 Å². The third kappa shape index (κ3) is 3.49. The molecule has 0 fully saturated rings. The topological polar surface area (TPSA) is 63.1 Å². The maximum atomic E-state index is 11.0. The van der Waals surface area contributed by atoms with E-state index in [0.29, 0.717) is 18.1 Å². The van der Waals surface area contributed by atoms with E-state index in [1.165, 1.54) is 6.92 Å². The Morgan fingerprint density at radius 3 is 2.92 bits per heavy atom. The van der Waals surface area contributed by atoms with Gasteiger partial charge in [0.1, 0.15) is 5.82 Å². The molecular weight excluding hydrogens is 326 g/mol. The van der Waals surface area contributed by atoms with Crippen LogP contribution in [0.4, 0.5) is 5.82 Å². The quantitative estimate of drug-likeness (QED) is 0.773. The Morgan fingerprint density at radius 1 is 1.38 bits per heavy atom. The number of hydrogen-bond donors (Lipinski definition) is 1. The van der Waals surface area contributed by atoms with Crippen molar-refractivity contribution < 1.29 is 4.79 Å². The van der Waals surface area contributed by atoms with Gasteiger partial charge >= 0.3 is 0 Å². The second kappa shape index (κ2) is 6.88. The molecule has 0 radical (unpaired) electrons. The van der Waals surface area contributed by atoms with Gasteiger partial charge in [0.05, 0.1) is 17.5 Å². The van der Waals surface area contributed by atoms with Crippen LogP contribution in [0.3, 0.4) is 0 Å². The number of carbonyl (C=O) groups is 1. The van der Waals surface area contributed by atoms with Crippen LogP contribution in [0.15, 0.2) is 43.0 Å². The van der Waals surface area contributed by atoms with Crippen molar-refractivity contribution in [2.45, 2.75) is 6.92 Å². The SMILES string of the molecule is CC(=O)NCCN(C)c1cc(-n2ccnc2)c2ccc(Cl)cc2n1. The van der Waals surface area contributed by atoms with Crippen molar-refractivity contribution in [2.75, 3.05) is 25.0 Å². The fourth-order valence-corrected chi connectivity index (χ4v) is 2.66. The molecule has 1 aromatic carbocycles. The molecule has 0 aliphatic carbocycles. The third-order valence-corrected chi connectivity index (χ3v) is 3.97. The van der Waals surface area contributed by atoms with Gasteiger partial charge in [-0.2, -0.15) is 0 Å². The largest absolute Gasteiger partial charge is 0.358 e. The molecule has 1 amide bonds. The summed E-state index contributed by atoms with van der Waals surface area (Å²) in [7, 11) is 1.94. The molecule has 0 aliphatic heterocycles. The smallest absolute Gasteiger partial charge is 0.216 e. The number of carbonyl (C=O) groups excluding carboxylic acids is 1. The zero-order valence-electron chi connectivity index (χ0n) is 13.5. The summed E-state index contributed by atoms with van der Waals surface area (Å²) in [5, 5.41) is 4.43. The number of fused-ring (bicyclic) bond motifs is 1. The van der Waals surface area contributed by atoms with Crippen molar-refractivity contribution in [1.82, 2.24) is 19.9 Å². The second-order valence-electron chi connectivity index (χ2n) is 5.54. The summed E-state index contributed by atoms with van der Waals surface area (Å²) in [6.07, 6.45) is 5.39. The van der Waals surface area contributed by atoms with Crippen LogP contribution in [0.25, 0.3) is 16.6 Å². The predicted octanol–water partition coefficient (Wildman–Crippen LogP) is 2.65. The number of pyridine rings is 1. The lowest BCUT2D eigenvalue weighted by molar-refractivity contribution is -0.118. The van der Waals surface area contributed by atoms with Crippen LogP contribution in [-0.4, -0.2) is 40.6 Å². The Labute approximate surface area is 145 Å². The minimum Gasteiger partial charge on any atom is -0.358 e. The van der Waals surface area contributed by atoms with Gasteiger partial charge in [0.15, 0.2) is 0 Å². The highest BCUT2D eigenvalue weighted by molar-refractivity contribution is 6.31. The van der Waals surface area contributed by atoms with Crippen LogP contribution in [0.5, 0.6) is 0 Å². The van der Waals surface area contributed by atoms with E-state index in [0.717, 1.165) is 22.4 Å². The molecule has 6 nitrogen and oxygen atoms in total. The molecular formula is C17H18ClN5O. The average molecular weight is 344 g/mol. The number of imidazole rings is 1. The highest BCUT2D eigenvalue weighted by atomic mass is 35.5. The molecule has 3 rings (SSSR count). The van der Waals surface area contributed by atoms with Gasteiger partial charge in [-0.05, 0) is 18.2 Å². The third-order valence-electron chi connectivity index (χ3n) is 3.73. The molecule has 0 atom stereocenters. The summed E-state index contributed by atoms with van der Waals surface area (Å²) in [4.78, 5) is 21.8. The van der Waals surface area contributed by atoms with Crippen LogP contribution in [0.1, 0.15) is 6.92 Å². The number of likely N-dealkylation sites (N-methyl/N-ethyl adjacent to an activating group) is 1. The first-order chi connectivity index (χ1) is 11.5. The van der Waals surface area contributed by atoms with E-state index >= 15 is 0 Å². The Bertz CT molecular complexity index is 863. The number of aromatic nitrogens is 3. The normalized spacial score (nSPS) is 10.8. The summed E-state index contributed by atoms with van der Waals surface area (Å²) in [6.45, 7) is 2.72. The van der Waals surface area contributed by atoms with E-state index < -0.39 is 0 Å². The standard InChI is InChI=1S/C17H18ClN5O/c1-12(24)20-6-7-22(2)17-10-16(23-8-5-19-11-23)14-4-3-13(18)9-15(14)21-17/h3-5,8-11H,6-7H2,1-2H3,(H,20,24). The van der Waals surface area contributed by atoms with Gasteiger partial charge in [-0.15, -0.1) is 0 Å². The molecule has 0 spiro atoms. The first-order valence-corrected chi connectivity index (χ1v) is 7.96. The van der Waals surface area contributed by atoms with Crippen molar-refractivity contribution in [2.24, 2.45) is 0 Å². The van der Waals surface area contributed by atoms with Crippen LogP contribution in [0.2, 0.25) is 5.02 Å². The van der Waals surface area contributed by atoms with Gasteiger partial charge in [-0.3, -0.25) is 4.79 Å². The van der Waals surface area contributed by atoms with Crippen LogP contribution < -0.4 is 10.2 Å². The molecule has 0 unspecified atom stereocenters. The fraction of sp³-hybridized carbons (Fsp3) is 0.235. The van der Waals surface area contributed by atoms with E-state index in [-0.39, 0.29) is 5.91 Å². The summed E-state index contributed by atoms with van der Waals surface area (Å²) >= 11 is 6.13. The minimum atomic E-state index is -0.0410. The van der Waals surface area contributed by atoms with Crippen molar-refractivity contribution in [1.29, 1.82) is 0 Å². The zero-order chi connectivity index (χ0) is 17.1. The molecule has 0 saturated carbocycles. The molecule has 1 N–H and O–H groups in total. The van der Waals surface area contributed by atoms with Gasteiger partial charge < -0.3 is 14.8 Å². The lowest BCUT2D eigenvalue weighted by atomic mass is 10.1. The summed E-state index contributed by atoms with van der Waals surface area (Å²) in [6, 6.07) is 7.67. The van der Waals surface area contributed by atoms with E-state index in [1.54, 1.807) is 12.5 Å². The lowest BCUT2D eigenvalue weighted by Gasteiger charge is -2.20. The highest BCUT2D eigenvalue weighted by Gasteiger charge is 2.11. The van der Waals surface area contributed by atoms with Crippen molar-refractivity contribution in [3.8, 4) is 5.69 Å². The highest BCUT2D eigenvalue weighted by Crippen LogP contribution is 2.27. The molecule has 124 valence electrons. The first kappa shape index (κ1) is 16.3. The molecule has 0 aliphatic rings. The number of anilines is 1. The maximum Gasteiger partial charge on any atom is 0.216 e. The predicted molar refractivity (Wildman–Crippen MR) is 95.8 cm³/mol. The lowest BCUT2D eigenvalue weighted by Crippen LogP contribution is -2.32. The van der Waals surface area contributed by atoms with Gasteiger partial charge in [0.25, 0.3) is 0 Å². The van der Waals surface area contributed by atoms with Crippen molar-refractivity contribution >= 4 is 34.2 Å². The number of halogens is 1. The van der Waals surface area contributed by atoms with E-state index in [9.17, 15) is 4.79 Å². The molecule has 3 aromatic rings. The number of rotatable bonds is 5. The van der Waals surface area contributed by atoms with Crippen LogP contribution in [-0.2, 0) is 4.79 Å². The van der Waals surface area contributed by atoms with Crippen LogP contribution in [0, 0.1) is 0 Å². The second-order valence-corrected chi connectivity index (χ2v) is 5.97. The summed E-state index contributed by atoms with van der Waals surface area (Å²) in [5.41, 5.74) is 1.80. The first-order valence-electron chi connectivity index (χ1n) is 7.59. The Hall–Kier alpha value is -2.60. The Kier molecular flexibility index (Phi) is 4.66. The van der Waals surface area contributed by atoms with E-state index in [4.69, 9.17) is 16.6 Å². The molecule has 24 heavy (non-hydrogen) atoms. The number of benzene rings is 1. The monoisotopic (exact) mass is 343 g/mol. The number of amides is 1. The molecule has 2 aromatic heterocycles. The van der Waals surface area contributed by atoms with Crippen molar-refractivity contribution in [3.63, 3.8) is 0 Å². The molecule has 0 saturated heterocycles. The van der Waals surface area contributed by atoms with Gasteiger partial charge in [-0.25, -0.2) is 9.97 Å². The molecule has 2 heterocycles. The number of nitrogens with one attached hydrogen (secondary N) is 1. The average Bonchev–Trinajstić information content (AvgIpc) is 3.07. The summed E-state index contributed by atoms with van der Waals surface area (Å²) < 4.78 is 1.95. The molecule has 7 heteroatoms. The summed E-state index contributed by atoms with van der Waals surface area (Å²) in [5.74, 6) is 0.763. The van der Waals surface area contributed by atoms with E-state index in [2.05, 4.69) is 10.3 Å². The number of nitrogens with zero attached hydrogens (tertiary/aromatic N) is 4. The zero-order valence-corrected chi connectivity index (χ0v) is 14.3. The van der Waals surface area contributed by atoms with Gasteiger partial charge in [0, 0.05) is 55.9 Å². The maximum absolute atomic E-state index is 11.0. The minimum absolute atomic E-state index is 0.0410. The van der Waals surface area contributed by atoms with E-state index in [1.807, 2.05) is 47.0 Å².